The minimum atomic E-state index is -0.939. The summed E-state index contributed by atoms with van der Waals surface area (Å²) >= 11 is 0. The lowest BCUT2D eigenvalue weighted by Crippen LogP contribution is -2.41. The van der Waals surface area contributed by atoms with Crippen LogP contribution < -0.4 is 16.6 Å². The lowest BCUT2D eigenvalue weighted by atomic mass is 10.1. The average molecular weight is 488 g/mol. The first-order chi connectivity index (χ1) is 17.2. The molecule has 5 rings (SSSR count). The van der Waals surface area contributed by atoms with E-state index >= 15 is 0 Å². The van der Waals surface area contributed by atoms with Crippen LogP contribution in [0.2, 0.25) is 0 Å². The maximum absolute atomic E-state index is 14.1. The summed E-state index contributed by atoms with van der Waals surface area (Å²) < 4.78 is 31.4. The van der Waals surface area contributed by atoms with Gasteiger partial charge < -0.3 is 9.88 Å². The van der Waals surface area contributed by atoms with Gasteiger partial charge in [0.15, 0.2) is 0 Å². The zero-order valence-corrected chi connectivity index (χ0v) is 19.8. The van der Waals surface area contributed by atoms with Gasteiger partial charge >= 0.3 is 5.69 Å². The molecule has 5 aromatic rings. The van der Waals surface area contributed by atoms with Crippen LogP contribution in [-0.2, 0) is 18.4 Å². The molecule has 36 heavy (non-hydrogen) atoms. The topological polar surface area (TPSA) is 78.0 Å². The smallest absolute Gasteiger partial charge is 0.336 e. The van der Waals surface area contributed by atoms with Crippen LogP contribution in [0.15, 0.2) is 70.3 Å². The molecule has 0 aliphatic heterocycles. The average Bonchev–Trinajstić information content (AvgIpc) is 3.10. The number of aryl methyl sites for hydroxylation is 3. The Kier molecular flexibility index (Phi) is 5.55. The maximum Gasteiger partial charge on any atom is 0.336 e. The molecule has 9 heteroatoms. The Hall–Kier alpha value is -4.53. The van der Waals surface area contributed by atoms with Crippen LogP contribution in [0, 0.1) is 25.5 Å². The van der Waals surface area contributed by atoms with Crippen molar-refractivity contribution in [1.82, 2.24) is 13.7 Å². The SMILES string of the molecule is Cc1cccc(-n2c(=O)c3c(c4cc(C)ccc4n3C)n(CC(=O)Nc3ccc(F)cc3F)c2=O)c1. The molecule has 0 unspecified atom stereocenters. The number of benzene rings is 3. The van der Waals surface area contributed by atoms with Crippen LogP contribution in [0.1, 0.15) is 11.1 Å². The largest absolute Gasteiger partial charge is 0.338 e. The third kappa shape index (κ3) is 3.78. The van der Waals surface area contributed by atoms with Crippen molar-refractivity contribution in [2.75, 3.05) is 5.32 Å². The first-order valence-electron chi connectivity index (χ1n) is 11.2. The third-order valence-electron chi connectivity index (χ3n) is 6.19. The summed E-state index contributed by atoms with van der Waals surface area (Å²) in [7, 11) is 1.73. The number of fused-ring (bicyclic) bond motifs is 3. The van der Waals surface area contributed by atoms with Crippen LogP contribution >= 0.6 is 0 Å². The van der Waals surface area contributed by atoms with Gasteiger partial charge in [0.25, 0.3) is 5.56 Å². The highest BCUT2D eigenvalue weighted by Crippen LogP contribution is 2.27. The summed E-state index contributed by atoms with van der Waals surface area (Å²) in [6.45, 7) is 3.24. The fraction of sp³-hybridized carbons (Fsp3) is 0.148. The van der Waals surface area contributed by atoms with Gasteiger partial charge in [-0.1, -0.05) is 23.8 Å². The number of carbonyl (C=O) groups excluding carboxylic acids is 1. The number of carbonyl (C=O) groups is 1. The third-order valence-corrected chi connectivity index (χ3v) is 6.19. The Morgan fingerprint density at radius 1 is 0.917 bits per heavy atom. The van der Waals surface area contributed by atoms with E-state index < -0.39 is 35.3 Å². The second-order valence-corrected chi connectivity index (χ2v) is 8.80. The predicted octanol–water partition coefficient (Wildman–Crippen LogP) is 4.18. The van der Waals surface area contributed by atoms with Crippen molar-refractivity contribution >= 4 is 33.5 Å². The molecule has 1 N–H and O–H groups in total. The summed E-state index contributed by atoms with van der Waals surface area (Å²) in [5, 5.41) is 3.03. The standard InChI is InChI=1S/C27H22F2N4O3/c1-15-5-4-6-18(11-15)33-26(35)25-24(19-12-16(2)7-10-22(19)31(25)3)32(27(33)36)14-23(34)30-21-9-8-17(28)13-20(21)29/h4-13H,14H2,1-3H3,(H,30,34). The number of nitrogens with zero attached hydrogens (tertiary/aromatic N) is 3. The first kappa shape index (κ1) is 23.2. The molecule has 2 aromatic heterocycles. The Balaban J connectivity index is 1.77. The van der Waals surface area contributed by atoms with Crippen molar-refractivity contribution in [3.63, 3.8) is 0 Å². The molecule has 0 atom stereocenters. The summed E-state index contributed by atoms with van der Waals surface area (Å²) in [5.74, 6) is -2.42. The second-order valence-electron chi connectivity index (χ2n) is 8.80. The van der Waals surface area contributed by atoms with Crippen molar-refractivity contribution in [3.8, 4) is 5.69 Å². The maximum atomic E-state index is 14.1. The van der Waals surface area contributed by atoms with Crippen LogP contribution in [0.3, 0.4) is 0 Å². The number of halogens is 2. The molecule has 0 fully saturated rings. The molecule has 0 saturated carbocycles. The number of anilines is 1. The van der Waals surface area contributed by atoms with Crippen molar-refractivity contribution in [1.29, 1.82) is 0 Å². The molecule has 3 aromatic carbocycles. The molecule has 2 heterocycles. The van der Waals surface area contributed by atoms with E-state index in [0.29, 0.717) is 28.2 Å². The van der Waals surface area contributed by atoms with E-state index in [4.69, 9.17) is 0 Å². The monoisotopic (exact) mass is 488 g/mol. The van der Waals surface area contributed by atoms with Gasteiger partial charge in [-0.2, -0.15) is 0 Å². The van der Waals surface area contributed by atoms with E-state index in [9.17, 15) is 23.2 Å². The summed E-state index contributed by atoms with van der Waals surface area (Å²) in [4.78, 5) is 40.4. The number of amides is 1. The van der Waals surface area contributed by atoms with E-state index in [-0.39, 0.29) is 11.2 Å². The highest BCUT2D eigenvalue weighted by Gasteiger charge is 2.23. The summed E-state index contributed by atoms with van der Waals surface area (Å²) in [6, 6.07) is 15.3. The lowest BCUT2D eigenvalue weighted by molar-refractivity contribution is -0.116. The van der Waals surface area contributed by atoms with E-state index in [2.05, 4.69) is 5.32 Å². The van der Waals surface area contributed by atoms with Crippen LogP contribution in [0.4, 0.5) is 14.5 Å². The molecule has 0 saturated heterocycles. The fourth-order valence-electron chi connectivity index (χ4n) is 4.53. The predicted molar refractivity (Wildman–Crippen MR) is 135 cm³/mol. The first-order valence-corrected chi connectivity index (χ1v) is 11.2. The molecule has 0 aliphatic rings. The zero-order chi connectivity index (χ0) is 25.7. The van der Waals surface area contributed by atoms with Gasteiger partial charge in [-0.3, -0.25) is 14.2 Å². The van der Waals surface area contributed by atoms with Gasteiger partial charge in [0.2, 0.25) is 5.91 Å². The normalized spacial score (nSPS) is 11.4. The van der Waals surface area contributed by atoms with Crippen molar-refractivity contribution in [2.45, 2.75) is 20.4 Å². The number of rotatable bonds is 4. The highest BCUT2D eigenvalue weighted by molar-refractivity contribution is 6.06. The number of hydrogen-bond acceptors (Lipinski definition) is 3. The van der Waals surface area contributed by atoms with Gasteiger partial charge in [0.1, 0.15) is 23.7 Å². The quantitative estimate of drug-likeness (QED) is 0.412. The Labute approximate surface area is 203 Å². The summed E-state index contributed by atoms with van der Waals surface area (Å²) in [5.41, 5.74) is 1.96. The van der Waals surface area contributed by atoms with E-state index in [1.54, 1.807) is 29.8 Å². The molecule has 0 bridgehead atoms. The fourth-order valence-corrected chi connectivity index (χ4v) is 4.53. The number of hydrogen-bond donors (Lipinski definition) is 1. The Morgan fingerprint density at radius 3 is 2.39 bits per heavy atom. The lowest BCUT2D eigenvalue weighted by Gasteiger charge is -2.14. The molecular formula is C27H22F2N4O3. The molecule has 0 spiro atoms. The molecule has 182 valence electrons. The van der Waals surface area contributed by atoms with Gasteiger partial charge in [-0.15, -0.1) is 0 Å². The van der Waals surface area contributed by atoms with Gasteiger partial charge in [-0.25, -0.2) is 18.1 Å². The molecule has 0 radical (unpaired) electrons. The molecule has 1 amide bonds. The Morgan fingerprint density at radius 2 is 1.67 bits per heavy atom. The van der Waals surface area contributed by atoms with Crippen LogP contribution in [0.5, 0.6) is 0 Å². The van der Waals surface area contributed by atoms with E-state index in [1.807, 2.05) is 38.1 Å². The molecule has 7 nitrogen and oxygen atoms in total. The zero-order valence-electron chi connectivity index (χ0n) is 19.8. The van der Waals surface area contributed by atoms with Gasteiger partial charge in [-0.05, 0) is 55.8 Å². The van der Waals surface area contributed by atoms with Gasteiger partial charge in [0.05, 0.1) is 22.4 Å². The molecule has 0 aliphatic carbocycles. The van der Waals surface area contributed by atoms with Crippen molar-refractivity contribution in [2.24, 2.45) is 7.05 Å². The van der Waals surface area contributed by atoms with Crippen molar-refractivity contribution < 1.29 is 13.6 Å². The Bertz CT molecular complexity index is 1810. The van der Waals surface area contributed by atoms with Crippen LogP contribution in [0.25, 0.3) is 27.6 Å². The number of aromatic nitrogens is 3. The number of nitrogens with one attached hydrogen (secondary N) is 1. The van der Waals surface area contributed by atoms with Crippen molar-refractivity contribution in [3.05, 3.63) is 104 Å². The van der Waals surface area contributed by atoms with Crippen LogP contribution in [-0.4, -0.2) is 19.6 Å². The van der Waals surface area contributed by atoms with Gasteiger partial charge in [0, 0.05) is 18.5 Å². The highest BCUT2D eigenvalue weighted by atomic mass is 19.1. The van der Waals surface area contributed by atoms with E-state index in [1.165, 1.54) is 4.57 Å². The van der Waals surface area contributed by atoms with E-state index in [0.717, 1.165) is 27.8 Å². The second kappa shape index (κ2) is 8.60. The molecular weight excluding hydrogens is 466 g/mol. The minimum absolute atomic E-state index is 0.216. The minimum Gasteiger partial charge on any atom is -0.338 e. The summed E-state index contributed by atoms with van der Waals surface area (Å²) in [6.07, 6.45) is 0.